The molecule has 2 amide bonds. The fourth-order valence-electron chi connectivity index (χ4n) is 4.22. The Bertz CT molecular complexity index is 1010. The van der Waals surface area contributed by atoms with Crippen LogP contribution in [-0.4, -0.2) is 35.4 Å². The molecule has 0 saturated heterocycles. The monoisotopic (exact) mass is 454 g/mol. The molecule has 33 heavy (non-hydrogen) atoms. The average Bonchev–Trinajstić information content (AvgIpc) is 2.74. The number of carbonyl (C=O) groups is 2. The van der Waals surface area contributed by atoms with E-state index in [-0.39, 0.29) is 23.7 Å². The van der Waals surface area contributed by atoms with Crippen molar-refractivity contribution < 1.29 is 18.7 Å². The Hall–Kier alpha value is -2.89. The lowest BCUT2D eigenvalue weighted by Crippen LogP contribution is -2.45. The van der Waals surface area contributed by atoms with Gasteiger partial charge in [0.1, 0.15) is 11.6 Å². The fourth-order valence-corrected chi connectivity index (χ4v) is 4.22. The molecule has 1 heterocycles. The summed E-state index contributed by atoms with van der Waals surface area (Å²) in [4.78, 5) is 27.7. The summed E-state index contributed by atoms with van der Waals surface area (Å²) in [6.45, 7) is 12.0. The van der Waals surface area contributed by atoms with Crippen LogP contribution in [0.25, 0.3) is 0 Å². The maximum absolute atomic E-state index is 14.2. The molecule has 178 valence electrons. The molecule has 2 aromatic carbocycles. The Morgan fingerprint density at radius 2 is 1.91 bits per heavy atom. The number of benzene rings is 2. The average molecular weight is 455 g/mol. The third kappa shape index (κ3) is 5.73. The van der Waals surface area contributed by atoms with E-state index >= 15 is 0 Å². The van der Waals surface area contributed by atoms with Gasteiger partial charge >= 0.3 is 0 Å². The van der Waals surface area contributed by atoms with Crippen molar-refractivity contribution in [3.05, 3.63) is 65.0 Å². The number of fused-ring (bicyclic) bond motifs is 1. The van der Waals surface area contributed by atoms with Crippen LogP contribution in [0.2, 0.25) is 0 Å². The fraction of sp³-hybridized carbons (Fsp3) is 0.481. The molecule has 0 unspecified atom stereocenters. The molecule has 0 bridgehead atoms. The van der Waals surface area contributed by atoms with Gasteiger partial charge in [-0.05, 0) is 67.6 Å². The van der Waals surface area contributed by atoms with Crippen molar-refractivity contribution >= 4 is 11.8 Å². The lowest BCUT2D eigenvalue weighted by Gasteiger charge is -2.41. The minimum atomic E-state index is -0.617. The number of amides is 2. The van der Waals surface area contributed by atoms with E-state index in [1.54, 1.807) is 6.07 Å². The van der Waals surface area contributed by atoms with Crippen molar-refractivity contribution in [3.63, 3.8) is 0 Å². The standard InChI is InChI=1S/C27H35FN2O3/c1-7-23(25(31)29-17(2)3)33-21-12-11-18-13-14-30(26(32)27(4,5)6)24(22(18)16-21)19-9-8-10-20(28)15-19/h8-12,15-17,23-24H,7,13-14H2,1-6H3,(H,29,31)/t23-,24+/m1/s1. The Labute approximate surface area is 196 Å². The summed E-state index contributed by atoms with van der Waals surface area (Å²) in [7, 11) is 0. The predicted octanol–water partition coefficient (Wildman–Crippen LogP) is 5.03. The molecule has 2 atom stereocenters. The van der Waals surface area contributed by atoms with E-state index in [1.165, 1.54) is 12.1 Å². The maximum Gasteiger partial charge on any atom is 0.261 e. The summed E-state index contributed by atoms with van der Waals surface area (Å²) in [5.41, 5.74) is 2.14. The Balaban J connectivity index is 2.03. The van der Waals surface area contributed by atoms with Gasteiger partial charge in [-0.1, -0.05) is 45.9 Å². The number of ether oxygens (including phenoxy) is 1. The topological polar surface area (TPSA) is 58.6 Å². The van der Waals surface area contributed by atoms with Crippen LogP contribution in [0.1, 0.15) is 70.7 Å². The minimum absolute atomic E-state index is 0.0106. The first kappa shape index (κ1) is 24.7. The molecule has 1 aliphatic rings. The molecule has 1 aliphatic heterocycles. The van der Waals surface area contributed by atoms with Gasteiger partial charge in [-0.15, -0.1) is 0 Å². The van der Waals surface area contributed by atoms with Crippen molar-refractivity contribution in [3.8, 4) is 5.75 Å². The first-order valence-electron chi connectivity index (χ1n) is 11.7. The molecular weight excluding hydrogens is 419 g/mol. The van der Waals surface area contributed by atoms with Crippen molar-refractivity contribution in [1.29, 1.82) is 0 Å². The molecule has 5 nitrogen and oxygen atoms in total. The molecular formula is C27H35FN2O3. The van der Waals surface area contributed by atoms with Crippen molar-refractivity contribution in [2.24, 2.45) is 5.41 Å². The van der Waals surface area contributed by atoms with Gasteiger partial charge in [0.25, 0.3) is 5.91 Å². The van der Waals surface area contributed by atoms with E-state index in [9.17, 15) is 14.0 Å². The molecule has 1 N–H and O–H groups in total. The van der Waals surface area contributed by atoms with E-state index in [1.807, 2.05) is 70.7 Å². The quantitative estimate of drug-likeness (QED) is 0.666. The lowest BCUT2D eigenvalue weighted by molar-refractivity contribution is -0.141. The second kappa shape index (κ2) is 9.94. The molecule has 0 saturated carbocycles. The Morgan fingerprint density at radius 1 is 1.18 bits per heavy atom. The van der Waals surface area contributed by atoms with Crippen LogP contribution < -0.4 is 10.1 Å². The highest BCUT2D eigenvalue weighted by atomic mass is 19.1. The lowest BCUT2D eigenvalue weighted by atomic mass is 9.85. The number of hydrogen-bond donors (Lipinski definition) is 1. The zero-order valence-corrected chi connectivity index (χ0v) is 20.4. The van der Waals surface area contributed by atoms with Crippen molar-refractivity contribution in [1.82, 2.24) is 10.2 Å². The number of nitrogens with zero attached hydrogens (tertiary/aromatic N) is 1. The van der Waals surface area contributed by atoms with E-state index in [2.05, 4.69) is 5.32 Å². The van der Waals surface area contributed by atoms with Crippen molar-refractivity contribution in [2.45, 2.75) is 72.6 Å². The van der Waals surface area contributed by atoms with E-state index in [0.29, 0.717) is 25.1 Å². The van der Waals surface area contributed by atoms with Crippen LogP contribution in [0, 0.1) is 11.2 Å². The normalized spacial score (nSPS) is 16.8. The summed E-state index contributed by atoms with van der Waals surface area (Å²) in [5, 5.41) is 2.90. The number of nitrogens with one attached hydrogen (secondary N) is 1. The second-order valence-corrected chi connectivity index (χ2v) is 9.99. The van der Waals surface area contributed by atoms with E-state index < -0.39 is 17.6 Å². The highest BCUT2D eigenvalue weighted by Crippen LogP contribution is 2.39. The van der Waals surface area contributed by atoms with Crippen LogP contribution in [0.3, 0.4) is 0 Å². The minimum Gasteiger partial charge on any atom is -0.481 e. The number of hydrogen-bond acceptors (Lipinski definition) is 3. The van der Waals surface area contributed by atoms with Gasteiger partial charge in [-0.3, -0.25) is 9.59 Å². The zero-order valence-electron chi connectivity index (χ0n) is 20.4. The zero-order chi connectivity index (χ0) is 24.3. The molecule has 0 radical (unpaired) electrons. The highest BCUT2D eigenvalue weighted by Gasteiger charge is 2.37. The molecule has 0 aromatic heterocycles. The predicted molar refractivity (Wildman–Crippen MR) is 128 cm³/mol. The Kier molecular flexibility index (Phi) is 7.45. The van der Waals surface area contributed by atoms with E-state index in [0.717, 1.165) is 16.7 Å². The molecule has 0 spiro atoms. The Morgan fingerprint density at radius 3 is 2.52 bits per heavy atom. The van der Waals surface area contributed by atoms with Crippen LogP contribution in [0.4, 0.5) is 4.39 Å². The number of halogens is 1. The van der Waals surface area contributed by atoms with Gasteiger partial charge in [0.2, 0.25) is 5.91 Å². The van der Waals surface area contributed by atoms with Gasteiger partial charge in [0.05, 0.1) is 6.04 Å². The summed E-state index contributed by atoms with van der Waals surface area (Å²) >= 11 is 0. The van der Waals surface area contributed by atoms with Gasteiger partial charge in [0.15, 0.2) is 6.10 Å². The number of rotatable bonds is 6. The highest BCUT2D eigenvalue weighted by molar-refractivity contribution is 5.83. The number of carbonyl (C=O) groups excluding carboxylic acids is 2. The van der Waals surface area contributed by atoms with Gasteiger partial charge < -0.3 is 15.0 Å². The second-order valence-electron chi connectivity index (χ2n) is 9.99. The van der Waals surface area contributed by atoms with Crippen LogP contribution in [0.15, 0.2) is 42.5 Å². The van der Waals surface area contributed by atoms with Crippen LogP contribution in [-0.2, 0) is 16.0 Å². The molecule has 0 aliphatic carbocycles. The van der Waals surface area contributed by atoms with Gasteiger partial charge in [-0.25, -0.2) is 4.39 Å². The first-order chi connectivity index (χ1) is 15.5. The summed E-state index contributed by atoms with van der Waals surface area (Å²) in [6.07, 6.45) is 0.611. The first-order valence-corrected chi connectivity index (χ1v) is 11.7. The third-order valence-electron chi connectivity index (χ3n) is 5.79. The largest absolute Gasteiger partial charge is 0.481 e. The molecule has 0 fully saturated rings. The van der Waals surface area contributed by atoms with E-state index in [4.69, 9.17) is 4.74 Å². The maximum atomic E-state index is 14.2. The molecule has 6 heteroatoms. The summed E-state index contributed by atoms with van der Waals surface area (Å²) < 4.78 is 20.3. The van der Waals surface area contributed by atoms with Crippen LogP contribution in [0.5, 0.6) is 5.75 Å². The van der Waals surface area contributed by atoms with Crippen molar-refractivity contribution in [2.75, 3.05) is 6.54 Å². The smallest absolute Gasteiger partial charge is 0.261 e. The summed E-state index contributed by atoms with van der Waals surface area (Å²) in [5.74, 6) is 0.0745. The van der Waals surface area contributed by atoms with Gasteiger partial charge in [-0.2, -0.15) is 0 Å². The summed E-state index contributed by atoms with van der Waals surface area (Å²) in [6, 6.07) is 11.8. The van der Waals surface area contributed by atoms with Gasteiger partial charge in [0, 0.05) is 18.0 Å². The molecule has 2 aromatic rings. The SMILES string of the molecule is CC[C@@H](Oc1ccc2c(c1)[C@H](c1cccc(F)c1)N(C(=O)C(C)(C)C)CC2)C(=O)NC(C)C. The molecule has 3 rings (SSSR count). The third-order valence-corrected chi connectivity index (χ3v) is 5.79. The van der Waals surface area contributed by atoms with Crippen LogP contribution >= 0.6 is 0 Å².